The zero-order valence-electron chi connectivity index (χ0n) is 10.9. The lowest BCUT2D eigenvalue weighted by Gasteiger charge is -2.26. The Morgan fingerprint density at radius 1 is 1.17 bits per heavy atom. The van der Waals surface area contributed by atoms with Crippen molar-refractivity contribution in [1.82, 2.24) is 0 Å². The summed E-state index contributed by atoms with van der Waals surface area (Å²) in [7, 11) is 0. The Hall–Kier alpha value is -0.470. The number of fused-ring (bicyclic) bond motifs is 1. The molecule has 1 aromatic carbocycles. The Morgan fingerprint density at radius 3 is 2.89 bits per heavy atom. The van der Waals surface area contributed by atoms with E-state index in [0.717, 1.165) is 6.42 Å². The maximum absolute atomic E-state index is 10.4. The van der Waals surface area contributed by atoms with Crippen molar-refractivity contribution in [1.29, 1.82) is 0 Å². The Bertz CT molecular complexity index is 410. The van der Waals surface area contributed by atoms with Gasteiger partial charge in [0.25, 0.3) is 0 Å². The van der Waals surface area contributed by atoms with Gasteiger partial charge in [-0.15, -0.1) is 0 Å². The highest BCUT2D eigenvalue weighted by Gasteiger charge is 2.22. The van der Waals surface area contributed by atoms with Gasteiger partial charge in [0.1, 0.15) is 0 Å². The van der Waals surface area contributed by atoms with Gasteiger partial charge in [0.15, 0.2) is 0 Å². The molecule has 2 unspecified atom stereocenters. The van der Waals surface area contributed by atoms with Gasteiger partial charge in [-0.1, -0.05) is 24.6 Å². The first-order valence-electron chi connectivity index (χ1n) is 7.23. The van der Waals surface area contributed by atoms with E-state index in [1.165, 1.54) is 61.0 Å². The molecule has 0 bridgehead atoms. The van der Waals surface area contributed by atoms with E-state index in [-0.39, 0.29) is 6.10 Å². The van der Waals surface area contributed by atoms with Gasteiger partial charge in [0, 0.05) is 5.25 Å². The second-order valence-electron chi connectivity index (χ2n) is 5.63. The van der Waals surface area contributed by atoms with E-state index < -0.39 is 0 Å². The van der Waals surface area contributed by atoms with E-state index >= 15 is 0 Å². The summed E-state index contributed by atoms with van der Waals surface area (Å²) in [5, 5.41) is 10.8. The van der Waals surface area contributed by atoms with Crippen LogP contribution in [0.25, 0.3) is 0 Å². The van der Waals surface area contributed by atoms with Gasteiger partial charge in [-0.05, 0) is 61.0 Å². The molecule has 2 heteroatoms. The number of aliphatic hydroxyl groups is 1. The van der Waals surface area contributed by atoms with Gasteiger partial charge >= 0.3 is 0 Å². The highest BCUT2D eigenvalue weighted by Crippen LogP contribution is 2.30. The first kappa shape index (κ1) is 12.6. The Labute approximate surface area is 114 Å². The molecular formula is C16H22OS. The minimum atomic E-state index is -0.158. The molecule has 1 aliphatic carbocycles. The summed E-state index contributed by atoms with van der Waals surface area (Å²) < 4.78 is 0. The number of benzene rings is 1. The van der Waals surface area contributed by atoms with Crippen LogP contribution < -0.4 is 0 Å². The van der Waals surface area contributed by atoms with Crippen molar-refractivity contribution in [3.63, 3.8) is 0 Å². The fourth-order valence-electron chi connectivity index (χ4n) is 3.19. The van der Waals surface area contributed by atoms with E-state index in [9.17, 15) is 5.11 Å². The third-order valence-electron chi connectivity index (χ3n) is 4.25. The molecule has 0 saturated carbocycles. The molecule has 1 nitrogen and oxygen atoms in total. The Morgan fingerprint density at radius 2 is 2.06 bits per heavy atom. The van der Waals surface area contributed by atoms with Crippen LogP contribution in [0, 0.1) is 0 Å². The molecular weight excluding hydrogens is 240 g/mol. The number of rotatable bonds is 3. The fourth-order valence-corrected chi connectivity index (χ4v) is 4.52. The second-order valence-corrected chi connectivity index (χ2v) is 6.98. The van der Waals surface area contributed by atoms with Gasteiger partial charge in [0.2, 0.25) is 0 Å². The van der Waals surface area contributed by atoms with Gasteiger partial charge in [0.05, 0.1) is 6.10 Å². The van der Waals surface area contributed by atoms with E-state index in [1.807, 2.05) is 11.8 Å². The van der Waals surface area contributed by atoms with Crippen LogP contribution in [0.1, 0.15) is 42.4 Å². The standard InChI is InChI=1S/C16H22OS/c17-15(16-6-1-2-9-18-16)11-12-7-8-13-4-3-5-14(13)10-12/h7-8,10,15-17H,1-6,9,11H2. The van der Waals surface area contributed by atoms with Crippen LogP contribution in [0.15, 0.2) is 18.2 Å². The summed E-state index contributed by atoms with van der Waals surface area (Å²) >= 11 is 1.97. The lowest BCUT2D eigenvalue weighted by molar-refractivity contribution is 0.166. The largest absolute Gasteiger partial charge is 0.392 e. The summed E-state index contributed by atoms with van der Waals surface area (Å²) in [4.78, 5) is 0. The van der Waals surface area contributed by atoms with Gasteiger partial charge in [-0.3, -0.25) is 0 Å². The molecule has 1 heterocycles. The number of aliphatic hydroxyl groups excluding tert-OH is 1. The zero-order valence-corrected chi connectivity index (χ0v) is 11.7. The maximum Gasteiger partial charge on any atom is 0.0699 e. The van der Waals surface area contributed by atoms with E-state index in [2.05, 4.69) is 18.2 Å². The highest BCUT2D eigenvalue weighted by molar-refractivity contribution is 8.00. The number of aryl methyl sites for hydroxylation is 2. The molecule has 2 atom stereocenters. The second kappa shape index (κ2) is 5.66. The first-order valence-corrected chi connectivity index (χ1v) is 8.28. The summed E-state index contributed by atoms with van der Waals surface area (Å²) in [5.41, 5.74) is 4.38. The van der Waals surface area contributed by atoms with Crippen molar-refractivity contribution in [3.05, 3.63) is 34.9 Å². The van der Waals surface area contributed by atoms with Crippen LogP contribution in [0.4, 0.5) is 0 Å². The predicted molar refractivity (Wildman–Crippen MR) is 78.3 cm³/mol. The molecule has 1 saturated heterocycles. The van der Waals surface area contributed by atoms with Gasteiger partial charge < -0.3 is 5.11 Å². The smallest absolute Gasteiger partial charge is 0.0699 e. The average molecular weight is 262 g/mol. The number of thioether (sulfide) groups is 1. The summed E-state index contributed by atoms with van der Waals surface area (Å²) in [6, 6.07) is 6.83. The molecule has 1 aliphatic heterocycles. The maximum atomic E-state index is 10.4. The molecule has 0 radical (unpaired) electrons. The molecule has 3 rings (SSSR count). The van der Waals surface area contributed by atoms with Crippen LogP contribution in [-0.4, -0.2) is 22.2 Å². The lowest BCUT2D eigenvalue weighted by atomic mass is 9.99. The molecule has 18 heavy (non-hydrogen) atoms. The average Bonchev–Trinajstić information content (AvgIpc) is 2.87. The quantitative estimate of drug-likeness (QED) is 0.901. The van der Waals surface area contributed by atoms with Crippen molar-refractivity contribution in [3.8, 4) is 0 Å². The molecule has 1 fully saturated rings. The van der Waals surface area contributed by atoms with Gasteiger partial charge in [-0.25, -0.2) is 0 Å². The molecule has 1 aromatic rings. The summed E-state index contributed by atoms with van der Waals surface area (Å²) in [6.45, 7) is 0. The lowest BCUT2D eigenvalue weighted by Crippen LogP contribution is -2.27. The topological polar surface area (TPSA) is 20.2 Å². The van der Waals surface area contributed by atoms with Crippen molar-refractivity contribution in [2.75, 3.05) is 5.75 Å². The zero-order chi connectivity index (χ0) is 12.4. The fraction of sp³-hybridized carbons (Fsp3) is 0.625. The van der Waals surface area contributed by atoms with Crippen LogP contribution in [0.3, 0.4) is 0 Å². The van der Waals surface area contributed by atoms with E-state index in [0.29, 0.717) is 5.25 Å². The van der Waals surface area contributed by atoms with Crippen molar-refractivity contribution < 1.29 is 5.11 Å². The van der Waals surface area contributed by atoms with Crippen LogP contribution in [0.5, 0.6) is 0 Å². The molecule has 1 N–H and O–H groups in total. The monoisotopic (exact) mass is 262 g/mol. The van der Waals surface area contributed by atoms with Crippen LogP contribution >= 0.6 is 11.8 Å². The highest BCUT2D eigenvalue weighted by atomic mass is 32.2. The van der Waals surface area contributed by atoms with E-state index in [1.54, 1.807) is 0 Å². The number of hydrogen-bond acceptors (Lipinski definition) is 2. The minimum Gasteiger partial charge on any atom is -0.392 e. The van der Waals surface area contributed by atoms with Crippen LogP contribution in [-0.2, 0) is 19.3 Å². The minimum absolute atomic E-state index is 0.158. The molecule has 98 valence electrons. The molecule has 0 spiro atoms. The third-order valence-corrected chi connectivity index (χ3v) is 5.75. The van der Waals surface area contributed by atoms with Gasteiger partial charge in [-0.2, -0.15) is 11.8 Å². The van der Waals surface area contributed by atoms with Crippen molar-refractivity contribution in [2.24, 2.45) is 0 Å². The summed E-state index contributed by atoms with van der Waals surface area (Å²) in [5.74, 6) is 1.23. The van der Waals surface area contributed by atoms with Crippen molar-refractivity contribution in [2.45, 2.75) is 56.3 Å². The van der Waals surface area contributed by atoms with Crippen molar-refractivity contribution >= 4 is 11.8 Å². The van der Waals surface area contributed by atoms with Crippen LogP contribution in [0.2, 0.25) is 0 Å². The summed E-state index contributed by atoms with van der Waals surface area (Å²) in [6.07, 6.45) is 8.27. The first-order chi connectivity index (χ1) is 8.83. The predicted octanol–water partition coefficient (Wildman–Crippen LogP) is 3.36. The van der Waals surface area contributed by atoms with E-state index in [4.69, 9.17) is 0 Å². The normalized spacial score (nSPS) is 24.8. The SMILES string of the molecule is OC(Cc1ccc2c(c1)CCC2)C1CCCCS1. The third kappa shape index (κ3) is 2.75. The molecule has 0 amide bonds. The Kier molecular flexibility index (Phi) is 3.95. The molecule has 2 aliphatic rings. The molecule has 0 aromatic heterocycles. The Balaban J connectivity index is 1.64. The number of hydrogen-bond donors (Lipinski definition) is 1.